The molecule has 0 aliphatic carbocycles. The van der Waals surface area contributed by atoms with Gasteiger partial charge in [0.25, 0.3) is 5.91 Å². The SMILES string of the molecule is COc1ccc(NC(=O)N2CCc3nc(C(=O)Nc4cc(-c5ccsc5)ccc4N)sc3C2)cc1. The molecular weight excluding hydrogens is 482 g/mol. The monoisotopic (exact) mass is 505 g/mol. The van der Waals surface area contributed by atoms with Crippen LogP contribution < -0.4 is 21.1 Å². The van der Waals surface area contributed by atoms with Crippen LogP contribution in [0.3, 0.4) is 0 Å². The van der Waals surface area contributed by atoms with E-state index in [1.165, 1.54) is 11.3 Å². The van der Waals surface area contributed by atoms with E-state index in [-0.39, 0.29) is 11.9 Å². The summed E-state index contributed by atoms with van der Waals surface area (Å²) in [4.78, 5) is 32.9. The zero-order valence-corrected chi connectivity index (χ0v) is 20.5. The number of urea groups is 1. The standard InChI is InChI=1S/C25H23N5O3S2/c1-33-18-5-3-17(4-6-18)27-25(32)30-10-8-20-22(13-30)35-24(29-20)23(31)28-21-12-15(2-7-19(21)26)16-9-11-34-14-16/h2-7,9,11-12,14H,8,10,13,26H2,1H3,(H,27,32)(H,28,31). The number of benzene rings is 2. The molecule has 0 bridgehead atoms. The van der Waals surface area contributed by atoms with Crippen LogP contribution in [0.15, 0.2) is 59.3 Å². The molecule has 4 aromatic rings. The number of anilines is 3. The molecule has 0 atom stereocenters. The lowest BCUT2D eigenvalue weighted by Crippen LogP contribution is -2.38. The number of nitrogens with zero attached hydrogens (tertiary/aromatic N) is 2. The number of carbonyl (C=O) groups excluding carboxylic acids is 2. The zero-order valence-electron chi connectivity index (χ0n) is 18.9. The van der Waals surface area contributed by atoms with Gasteiger partial charge in [0.1, 0.15) is 5.75 Å². The molecule has 0 fully saturated rings. The van der Waals surface area contributed by atoms with Gasteiger partial charge in [0, 0.05) is 23.5 Å². The summed E-state index contributed by atoms with van der Waals surface area (Å²) < 4.78 is 5.15. The fourth-order valence-corrected chi connectivity index (χ4v) is 5.48. The van der Waals surface area contributed by atoms with Crippen LogP contribution in [-0.2, 0) is 13.0 Å². The van der Waals surface area contributed by atoms with Crippen molar-refractivity contribution in [3.05, 3.63) is 74.9 Å². The highest BCUT2D eigenvalue weighted by molar-refractivity contribution is 7.13. The first kappa shape index (κ1) is 22.9. The van der Waals surface area contributed by atoms with E-state index in [4.69, 9.17) is 10.5 Å². The Morgan fingerprint density at radius 3 is 2.66 bits per heavy atom. The smallest absolute Gasteiger partial charge is 0.322 e. The molecule has 8 nitrogen and oxygen atoms in total. The first-order chi connectivity index (χ1) is 17.0. The quantitative estimate of drug-likeness (QED) is 0.319. The number of aromatic nitrogens is 1. The second kappa shape index (κ2) is 9.77. The molecule has 10 heteroatoms. The number of amides is 3. The zero-order chi connectivity index (χ0) is 24.4. The molecule has 5 rings (SSSR count). The predicted molar refractivity (Wildman–Crippen MR) is 140 cm³/mol. The van der Waals surface area contributed by atoms with E-state index in [0.717, 1.165) is 27.4 Å². The van der Waals surface area contributed by atoms with Gasteiger partial charge in [-0.05, 0) is 64.4 Å². The van der Waals surface area contributed by atoms with Crippen molar-refractivity contribution in [1.82, 2.24) is 9.88 Å². The van der Waals surface area contributed by atoms with Gasteiger partial charge in [-0.25, -0.2) is 9.78 Å². The van der Waals surface area contributed by atoms with E-state index in [0.29, 0.717) is 41.6 Å². The number of hydrogen-bond acceptors (Lipinski definition) is 7. The van der Waals surface area contributed by atoms with Gasteiger partial charge >= 0.3 is 6.03 Å². The third-order valence-electron chi connectivity index (χ3n) is 5.71. The molecule has 4 N–H and O–H groups in total. The van der Waals surface area contributed by atoms with Crippen LogP contribution in [0, 0.1) is 0 Å². The number of carbonyl (C=O) groups is 2. The molecule has 0 unspecified atom stereocenters. The summed E-state index contributed by atoms with van der Waals surface area (Å²) in [6.45, 7) is 0.924. The Morgan fingerprint density at radius 2 is 1.91 bits per heavy atom. The number of nitrogens with two attached hydrogens (primary N) is 1. The van der Waals surface area contributed by atoms with E-state index >= 15 is 0 Å². The molecule has 0 saturated carbocycles. The highest BCUT2D eigenvalue weighted by atomic mass is 32.1. The van der Waals surface area contributed by atoms with Crippen molar-refractivity contribution in [2.45, 2.75) is 13.0 Å². The van der Waals surface area contributed by atoms with Gasteiger partial charge in [0.15, 0.2) is 5.01 Å². The van der Waals surface area contributed by atoms with Gasteiger partial charge in [-0.15, -0.1) is 11.3 Å². The maximum absolute atomic E-state index is 13.0. The van der Waals surface area contributed by atoms with Crippen LogP contribution >= 0.6 is 22.7 Å². The average Bonchev–Trinajstić information content (AvgIpc) is 3.56. The number of thiazole rings is 1. The number of fused-ring (bicyclic) bond motifs is 1. The summed E-state index contributed by atoms with van der Waals surface area (Å²) in [6, 6.07) is 14.6. The average molecular weight is 506 g/mol. The van der Waals surface area contributed by atoms with E-state index in [2.05, 4.69) is 15.6 Å². The fourth-order valence-electron chi connectivity index (χ4n) is 3.79. The van der Waals surface area contributed by atoms with Crippen molar-refractivity contribution < 1.29 is 14.3 Å². The number of hydrogen-bond donors (Lipinski definition) is 3. The molecule has 2 aromatic carbocycles. The number of methoxy groups -OCH3 is 1. The van der Waals surface area contributed by atoms with Gasteiger partial charge < -0.3 is 26.0 Å². The minimum absolute atomic E-state index is 0.196. The summed E-state index contributed by atoms with van der Waals surface area (Å²) in [6.07, 6.45) is 0.588. The maximum atomic E-state index is 13.0. The Hall–Kier alpha value is -3.89. The number of ether oxygens (including phenoxy) is 1. The topological polar surface area (TPSA) is 110 Å². The molecule has 178 valence electrons. The minimum atomic E-state index is -0.312. The fraction of sp³-hybridized carbons (Fsp3) is 0.160. The number of nitrogens with one attached hydrogen (secondary N) is 2. The summed E-state index contributed by atoms with van der Waals surface area (Å²) in [7, 11) is 1.60. The van der Waals surface area contributed by atoms with Crippen LogP contribution in [-0.4, -0.2) is 35.5 Å². The van der Waals surface area contributed by atoms with Crippen molar-refractivity contribution in [3.63, 3.8) is 0 Å². The van der Waals surface area contributed by atoms with Crippen LogP contribution in [0.1, 0.15) is 20.4 Å². The van der Waals surface area contributed by atoms with E-state index in [9.17, 15) is 9.59 Å². The lowest BCUT2D eigenvalue weighted by Gasteiger charge is -2.26. The van der Waals surface area contributed by atoms with Crippen molar-refractivity contribution >= 4 is 51.7 Å². The minimum Gasteiger partial charge on any atom is -0.497 e. The van der Waals surface area contributed by atoms with Crippen LogP contribution in [0.4, 0.5) is 21.9 Å². The van der Waals surface area contributed by atoms with E-state index in [1.807, 2.05) is 29.0 Å². The Balaban J connectivity index is 1.26. The largest absolute Gasteiger partial charge is 0.497 e. The Labute approximate surface area is 210 Å². The van der Waals surface area contributed by atoms with Crippen molar-refractivity contribution in [2.75, 3.05) is 30.0 Å². The molecule has 3 amide bonds. The maximum Gasteiger partial charge on any atom is 0.322 e. The Bertz CT molecular complexity index is 1370. The lowest BCUT2D eigenvalue weighted by atomic mass is 10.1. The number of nitrogen functional groups attached to an aromatic ring is 1. The molecule has 3 heterocycles. The molecule has 2 aromatic heterocycles. The van der Waals surface area contributed by atoms with Gasteiger partial charge in [0.05, 0.1) is 30.7 Å². The molecule has 35 heavy (non-hydrogen) atoms. The number of rotatable bonds is 5. The second-order valence-electron chi connectivity index (χ2n) is 7.99. The Kier molecular flexibility index (Phi) is 6.39. The summed E-state index contributed by atoms with van der Waals surface area (Å²) >= 11 is 2.91. The highest BCUT2D eigenvalue weighted by Gasteiger charge is 2.26. The van der Waals surface area contributed by atoms with Crippen molar-refractivity contribution in [3.8, 4) is 16.9 Å². The second-order valence-corrected chi connectivity index (χ2v) is 9.85. The van der Waals surface area contributed by atoms with Crippen LogP contribution in [0.25, 0.3) is 11.1 Å². The lowest BCUT2D eigenvalue weighted by molar-refractivity contribution is 0.102. The normalized spacial score (nSPS) is 12.7. The summed E-state index contributed by atoms with van der Waals surface area (Å²) in [5, 5.41) is 10.2. The molecule has 0 saturated heterocycles. The molecular formula is C25H23N5O3S2. The Morgan fingerprint density at radius 1 is 1.09 bits per heavy atom. The van der Waals surface area contributed by atoms with Crippen LogP contribution in [0.5, 0.6) is 5.75 Å². The molecule has 1 aliphatic heterocycles. The molecule has 0 radical (unpaired) electrons. The third kappa shape index (κ3) is 4.98. The van der Waals surface area contributed by atoms with Crippen LogP contribution in [0.2, 0.25) is 0 Å². The molecule has 1 aliphatic rings. The first-order valence-electron chi connectivity index (χ1n) is 10.9. The van der Waals surface area contributed by atoms with Gasteiger partial charge in [-0.3, -0.25) is 4.79 Å². The molecule has 0 spiro atoms. The summed E-state index contributed by atoms with van der Waals surface area (Å²) in [5.74, 6) is 0.411. The summed E-state index contributed by atoms with van der Waals surface area (Å²) in [5.41, 5.74) is 10.7. The highest BCUT2D eigenvalue weighted by Crippen LogP contribution is 2.30. The third-order valence-corrected chi connectivity index (χ3v) is 7.47. The van der Waals surface area contributed by atoms with Gasteiger partial charge in [-0.1, -0.05) is 6.07 Å². The number of thiophene rings is 1. The van der Waals surface area contributed by atoms with Gasteiger partial charge in [-0.2, -0.15) is 11.3 Å². The van der Waals surface area contributed by atoms with E-state index in [1.54, 1.807) is 53.7 Å². The van der Waals surface area contributed by atoms with E-state index < -0.39 is 0 Å². The van der Waals surface area contributed by atoms with Crippen molar-refractivity contribution in [2.24, 2.45) is 0 Å². The van der Waals surface area contributed by atoms with Gasteiger partial charge in [0.2, 0.25) is 0 Å². The first-order valence-corrected chi connectivity index (χ1v) is 12.7. The van der Waals surface area contributed by atoms with Crippen molar-refractivity contribution in [1.29, 1.82) is 0 Å². The predicted octanol–water partition coefficient (Wildman–Crippen LogP) is 5.30.